The van der Waals surface area contributed by atoms with E-state index in [1.807, 2.05) is 31.2 Å². The second kappa shape index (κ2) is 7.45. The zero-order valence-electron chi connectivity index (χ0n) is 10.1. The summed E-state index contributed by atoms with van der Waals surface area (Å²) in [6.45, 7) is 4.50. The molecule has 0 saturated heterocycles. The molecule has 3 nitrogen and oxygen atoms in total. The van der Waals surface area contributed by atoms with Crippen LogP contribution in [0.2, 0.25) is 0 Å². The van der Waals surface area contributed by atoms with E-state index in [0.29, 0.717) is 19.6 Å². The number of esters is 1. The van der Waals surface area contributed by atoms with Gasteiger partial charge in [0.1, 0.15) is 0 Å². The van der Waals surface area contributed by atoms with Crippen molar-refractivity contribution in [1.82, 2.24) is 0 Å². The van der Waals surface area contributed by atoms with Crippen LogP contribution in [0, 0.1) is 0 Å². The van der Waals surface area contributed by atoms with Crippen molar-refractivity contribution in [2.75, 3.05) is 6.61 Å². The summed E-state index contributed by atoms with van der Waals surface area (Å²) in [6.07, 6.45) is 0.147. The van der Waals surface area contributed by atoms with Crippen molar-refractivity contribution in [3.8, 4) is 0 Å². The Labute approximate surface area is 110 Å². The number of benzene rings is 1. The highest BCUT2D eigenvalue weighted by atomic mass is 79.9. The Morgan fingerprint density at radius 2 is 1.94 bits per heavy atom. The van der Waals surface area contributed by atoms with Gasteiger partial charge in [-0.25, -0.2) is 4.79 Å². The molecule has 1 aromatic rings. The monoisotopic (exact) mass is 300 g/mol. The maximum Gasteiger partial charge on any atom is 0.335 e. The molecule has 0 aliphatic heterocycles. The van der Waals surface area contributed by atoms with Gasteiger partial charge in [0.15, 0.2) is 6.10 Å². The lowest BCUT2D eigenvalue weighted by molar-refractivity contribution is -0.157. The van der Waals surface area contributed by atoms with E-state index in [-0.39, 0.29) is 5.97 Å². The van der Waals surface area contributed by atoms with E-state index >= 15 is 0 Å². The molecule has 0 bridgehead atoms. The van der Waals surface area contributed by atoms with Gasteiger partial charge in [0.25, 0.3) is 0 Å². The molecule has 0 amide bonds. The highest BCUT2D eigenvalue weighted by molar-refractivity contribution is 9.10. The van der Waals surface area contributed by atoms with Crippen LogP contribution in [0.5, 0.6) is 0 Å². The molecule has 94 valence electrons. The summed E-state index contributed by atoms with van der Waals surface area (Å²) in [7, 11) is 0. The van der Waals surface area contributed by atoms with E-state index in [4.69, 9.17) is 9.47 Å². The van der Waals surface area contributed by atoms with Crippen molar-refractivity contribution in [2.45, 2.75) is 33.0 Å². The Bertz CT molecular complexity index is 348. The van der Waals surface area contributed by atoms with Crippen molar-refractivity contribution in [2.24, 2.45) is 0 Å². The number of hydrogen-bond acceptors (Lipinski definition) is 3. The van der Waals surface area contributed by atoms with Gasteiger partial charge >= 0.3 is 5.97 Å². The Kier molecular flexibility index (Phi) is 6.22. The number of rotatable bonds is 6. The Balaban J connectivity index is 2.47. The number of carbonyl (C=O) groups excluding carboxylic acids is 1. The predicted octanol–water partition coefficient (Wildman–Crippen LogP) is 3.31. The molecular formula is C13H17BrO3. The number of halogens is 1. The second-order valence-corrected chi connectivity index (χ2v) is 4.50. The van der Waals surface area contributed by atoms with Crippen LogP contribution in [-0.4, -0.2) is 18.7 Å². The molecule has 1 rings (SSSR count). The quantitative estimate of drug-likeness (QED) is 0.756. The van der Waals surface area contributed by atoms with Crippen molar-refractivity contribution in [3.05, 3.63) is 34.3 Å². The smallest absolute Gasteiger partial charge is 0.335 e. The average molecular weight is 301 g/mol. The zero-order chi connectivity index (χ0) is 12.7. The lowest BCUT2D eigenvalue weighted by atomic mass is 10.2. The molecule has 4 heteroatoms. The molecule has 1 aromatic carbocycles. The third-order valence-electron chi connectivity index (χ3n) is 2.28. The molecule has 1 unspecified atom stereocenters. The molecule has 0 aromatic heterocycles. The van der Waals surface area contributed by atoms with Crippen LogP contribution >= 0.6 is 15.9 Å². The maximum atomic E-state index is 11.5. The van der Waals surface area contributed by atoms with Gasteiger partial charge in [-0.2, -0.15) is 0 Å². The minimum atomic E-state index is -0.474. The van der Waals surface area contributed by atoms with Crippen LogP contribution in [-0.2, 0) is 20.9 Å². The van der Waals surface area contributed by atoms with Crippen LogP contribution in [0.4, 0.5) is 0 Å². The summed E-state index contributed by atoms with van der Waals surface area (Å²) < 4.78 is 11.5. The summed E-state index contributed by atoms with van der Waals surface area (Å²) in [5, 5.41) is 0. The van der Waals surface area contributed by atoms with Crippen LogP contribution in [0.1, 0.15) is 25.8 Å². The Hall–Kier alpha value is -0.870. The lowest BCUT2D eigenvalue weighted by Gasteiger charge is -2.14. The van der Waals surface area contributed by atoms with E-state index in [9.17, 15) is 4.79 Å². The highest BCUT2D eigenvalue weighted by Gasteiger charge is 2.17. The summed E-state index contributed by atoms with van der Waals surface area (Å²) in [5.74, 6) is -0.285. The molecule has 0 heterocycles. The molecule has 0 N–H and O–H groups in total. The predicted molar refractivity (Wildman–Crippen MR) is 69.6 cm³/mol. The second-order valence-electron chi connectivity index (χ2n) is 3.59. The zero-order valence-corrected chi connectivity index (χ0v) is 11.7. The first-order chi connectivity index (χ1) is 8.17. The SMILES string of the molecule is CCOC(=O)C(CC)OCc1ccc(Br)cc1. The topological polar surface area (TPSA) is 35.5 Å². The fourth-order valence-electron chi connectivity index (χ4n) is 1.37. The molecular weight excluding hydrogens is 284 g/mol. The number of carbonyl (C=O) groups is 1. The molecule has 0 fully saturated rings. The first-order valence-electron chi connectivity index (χ1n) is 5.70. The molecule has 0 aliphatic rings. The molecule has 0 spiro atoms. The summed E-state index contributed by atoms with van der Waals surface area (Å²) in [4.78, 5) is 11.5. The number of ether oxygens (including phenoxy) is 2. The maximum absolute atomic E-state index is 11.5. The van der Waals surface area contributed by atoms with E-state index < -0.39 is 6.10 Å². The summed E-state index contributed by atoms with van der Waals surface area (Å²) >= 11 is 3.37. The van der Waals surface area contributed by atoms with Gasteiger partial charge in [-0.1, -0.05) is 35.0 Å². The van der Waals surface area contributed by atoms with Crippen molar-refractivity contribution >= 4 is 21.9 Å². The molecule has 1 atom stereocenters. The van der Waals surface area contributed by atoms with E-state index in [0.717, 1.165) is 10.0 Å². The van der Waals surface area contributed by atoms with Crippen LogP contribution in [0.3, 0.4) is 0 Å². The normalized spacial score (nSPS) is 12.2. The highest BCUT2D eigenvalue weighted by Crippen LogP contribution is 2.12. The Morgan fingerprint density at radius 1 is 1.29 bits per heavy atom. The van der Waals surface area contributed by atoms with Crippen LogP contribution in [0.15, 0.2) is 28.7 Å². The minimum Gasteiger partial charge on any atom is -0.464 e. The molecule has 0 aliphatic carbocycles. The van der Waals surface area contributed by atoms with E-state index in [1.165, 1.54) is 0 Å². The average Bonchev–Trinajstić information content (AvgIpc) is 2.32. The fraction of sp³-hybridized carbons (Fsp3) is 0.462. The van der Waals surface area contributed by atoms with Crippen molar-refractivity contribution in [1.29, 1.82) is 0 Å². The molecule has 0 radical (unpaired) electrons. The lowest BCUT2D eigenvalue weighted by Crippen LogP contribution is -2.25. The number of hydrogen-bond donors (Lipinski definition) is 0. The first kappa shape index (κ1) is 14.2. The third kappa shape index (κ3) is 4.88. The summed E-state index contributed by atoms with van der Waals surface area (Å²) in [6, 6.07) is 7.82. The third-order valence-corrected chi connectivity index (χ3v) is 2.81. The summed E-state index contributed by atoms with van der Waals surface area (Å²) in [5.41, 5.74) is 1.04. The first-order valence-corrected chi connectivity index (χ1v) is 6.49. The van der Waals surface area contributed by atoms with Gasteiger partial charge in [-0.15, -0.1) is 0 Å². The Morgan fingerprint density at radius 3 is 2.47 bits per heavy atom. The van der Waals surface area contributed by atoms with E-state index in [1.54, 1.807) is 6.92 Å². The largest absolute Gasteiger partial charge is 0.464 e. The van der Waals surface area contributed by atoms with Crippen LogP contribution in [0.25, 0.3) is 0 Å². The molecule has 0 saturated carbocycles. The van der Waals surface area contributed by atoms with Gasteiger partial charge < -0.3 is 9.47 Å². The van der Waals surface area contributed by atoms with Gasteiger partial charge in [0.2, 0.25) is 0 Å². The van der Waals surface area contributed by atoms with Crippen molar-refractivity contribution < 1.29 is 14.3 Å². The van der Waals surface area contributed by atoms with E-state index in [2.05, 4.69) is 15.9 Å². The van der Waals surface area contributed by atoms with Gasteiger partial charge in [-0.05, 0) is 31.0 Å². The standard InChI is InChI=1S/C13H17BrO3/c1-3-12(13(15)16-4-2)17-9-10-5-7-11(14)8-6-10/h5-8,12H,3-4,9H2,1-2H3. The van der Waals surface area contributed by atoms with Gasteiger partial charge in [0, 0.05) is 4.47 Å². The minimum absolute atomic E-state index is 0.285. The van der Waals surface area contributed by atoms with Crippen molar-refractivity contribution in [3.63, 3.8) is 0 Å². The molecule has 17 heavy (non-hydrogen) atoms. The fourth-order valence-corrected chi connectivity index (χ4v) is 1.63. The van der Waals surface area contributed by atoms with Gasteiger partial charge in [-0.3, -0.25) is 0 Å². The van der Waals surface area contributed by atoms with Crippen LogP contribution < -0.4 is 0 Å². The van der Waals surface area contributed by atoms with Gasteiger partial charge in [0.05, 0.1) is 13.2 Å².